The van der Waals surface area contributed by atoms with Crippen LogP contribution in [0.15, 0.2) is 6.58 Å². The predicted octanol–water partition coefficient (Wildman–Crippen LogP) is 2.43. The number of aromatic amines is 1. The highest BCUT2D eigenvalue weighted by atomic mass is 16.4. The first-order chi connectivity index (χ1) is 8.93. The van der Waals surface area contributed by atoms with Crippen LogP contribution in [0.25, 0.3) is 5.57 Å². The Morgan fingerprint density at radius 2 is 2.11 bits per heavy atom. The number of hydrogen-bond acceptors (Lipinski definition) is 3. The number of nitrogens with one attached hydrogen (secondary N) is 1. The van der Waals surface area contributed by atoms with Crippen molar-refractivity contribution in [1.29, 1.82) is 0 Å². The molecule has 0 unspecified atom stereocenters. The van der Waals surface area contributed by atoms with Crippen molar-refractivity contribution >= 4 is 17.8 Å². The van der Waals surface area contributed by atoms with E-state index in [0.29, 0.717) is 36.0 Å². The lowest BCUT2D eigenvalue weighted by molar-refractivity contribution is 0.0692. The molecule has 1 heterocycles. The van der Waals surface area contributed by atoms with Crippen molar-refractivity contribution in [3.05, 3.63) is 29.1 Å². The Morgan fingerprint density at radius 1 is 1.47 bits per heavy atom. The number of carboxylic acids is 1. The Morgan fingerprint density at radius 3 is 2.53 bits per heavy atom. The molecule has 5 heteroatoms. The number of hydrogen-bond donors (Lipinski definition) is 3. The van der Waals surface area contributed by atoms with Gasteiger partial charge in [0.1, 0.15) is 0 Å². The number of H-pyrrole nitrogens is 1. The van der Waals surface area contributed by atoms with Crippen LogP contribution in [0.5, 0.6) is 0 Å². The van der Waals surface area contributed by atoms with Gasteiger partial charge in [-0.2, -0.15) is 0 Å². The fourth-order valence-electron chi connectivity index (χ4n) is 2.13. The van der Waals surface area contributed by atoms with E-state index in [-0.39, 0.29) is 23.8 Å². The first-order valence-corrected chi connectivity index (χ1v) is 6.17. The first kappa shape index (κ1) is 15.2. The highest BCUT2D eigenvalue weighted by Crippen LogP contribution is 2.31. The van der Waals surface area contributed by atoms with Crippen LogP contribution in [0.1, 0.15) is 64.7 Å². The number of aromatic nitrogens is 1. The molecule has 1 aromatic heterocycles. The number of aromatic carboxylic acids is 1. The van der Waals surface area contributed by atoms with Crippen LogP contribution in [-0.2, 0) is 0 Å². The summed E-state index contributed by atoms with van der Waals surface area (Å²) < 4.78 is 0. The minimum atomic E-state index is -1.12. The Balaban J connectivity index is 3.35. The number of rotatable bonds is 7. The molecule has 0 aliphatic heterocycles. The highest BCUT2D eigenvalue weighted by molar-refractivity contribution is 5.99. The molecule has 0 bridgehead atoms. The zero-order valence-electron chi connectivity index (χ0n) is 11.2. The van der Waals surface area contributed by atoms with Gasteiger partial charge < -0.3 is 15.2 Å². The van der Waals surface area contributed by atoms with Gasteiger partial charge in [0.2, 0.25) is 0 Å². The fourth-order valence-corrected chi connectivity index (χ4v) is 2.13. The largest absolute Gasteiger partial charge is 0.478 e. The average Bonchev–Trinajstić information content (AvgIpc) is 2.75. The Bertz CT molecular complexity index is 500. The molecule has 0 saturated carbocycles. The third-order valence-corrected chi connectivity index (χ3v) is 2.97. The van der Waals surface area contributed by atoms with Crippen molar-refractivity contribution < 1.29 is 19.8 Å². The maximum atomic E-state index is 11.3. The van der Waals surface area contributed by atoms with Crippen molar-refractivity contribution in [1.82, 2.24) is 4.98 Å². The van der Waals surface area contributed by atoms with E-state index in [1.165, 1.54) is 0 Å². The summed E-state index contributed by atoms with van der Waals surface area (Å²) in [7, 11) is 0. The normalized spacial score (nSPS) is 10.7. The van der Waals surface area contributed by atoms with Gasteiger partial charge in [-0.15, -0.1) is 0 Å². The van der Waals surface area contributed by atoms with E-state index >= 15 is 0 Å². The van der Waals surface area contributed by atoms with Crippen LogP contribution >= 0.6 is 0 Å². The standard InChI is InChI=1S/C14H19NO4/c1-8(2)11-12(14(18)19)10(7-17)15-13(11)9(3)5-4-6-16/h7-8,15-16H,3-6H2,1-2H3,(H,18,19). The molecule has 0 saturated heterocycles. The molecule has 0 spiro atoms. The number of allylic oxidation sites excluding steroid dienone is 1. The second kappa shape index (κ2) is 6.33. The van der Waals surface area contributed by atoms with Gasteiger partial charge in [-0.1, -0.05) is 20.4 Å². The van der Waals surface area contributed by atoms with E-state index in [1.54, 1.807) is 0 Å². The van der Waals surface area contributed by atoms with E-state index in [4.69, 9.17) is 5.11 Å². The van der Waals surface area contributed by atoms with Crippen molar-refractivity contribution in [3.63, 3.8) is 0 Å². The molecule has 0 radical (unpaired) electrons. The van der Waals surface area contributed by atoms with Crippen LogP contribution in [0.2, 0.25) is 0 Å². The zero-order valence-corrected chi connectivity index (χ0v) is 11.2. The SMILES string of the molecule is C=C(CCCO)c1[nH]c(C=O)c(C(=O)O)c1C(C)C. The smallest absolute Gasteiger partial charge is 0.338 e. The molecule has 3 N–H and O–H groups in total. The summed E-state index contributed by atoms with van der Waals surface area (Å²) in [6.45, 7) is 7.68. The highest BCUT2D eigenvalue weighted by Gasteiger charge is 2.25. The second-order valence-electron chi connectivity index (χ2n) is 4.71. The van der Waals surface area contributed by atoms with E-state index in [9.17, 15) is 14.7 Å². The first-order valence-electron chi connectivity index (χ1n) is 6.17. The average molecular weight is 265 g/mol. The second-order valence-corrected chi connectivity index (χ2v) is 4.71. The molecule has 0 aliphatic carbocycles. The van der Waals surface area contributed by atoms with Crippen molar-refractivity contribution in [2.45, 2.75) is 32.6 Å². The van der Waals surface area contributed by atoms with E-state index in [0.717, 1.165) is 0 Å². The molecule has 1 rings (SSSR count). The summed E-state index contributed by atoms with van der Waals surface area (Å²) in [6, 6.07) is 0. The Hall–Kier alpha value is -1.88. The van der Waals surface area contributed by atoms with Gasteiger partial charge in [-0.25, -0.2) is 4.79 Å². The summed E-state index contributed by atoms with van der Waals surface area (Å²) in [5.74, 6) is -1.17. The number of carbonyl (C=O) groups is 2. The van der Waals surface area contributed by atoms with E-state index in [2.05, 4.69) is 11.6 Å². The van der Waals surface area contributed by atoms with Gasteiger partial charge in [0.25, 0.3) is 0 Å². The van der Waals surface area contributed by atoms with Gasteiger partial charge in [0, 0.05) is 12.3 Å². The maximum Gasteiger partial charge on any atom is 0.338 e. The molecule has 0 aliphatic rings. The summed E-state index contributed by atoms with van der Waals surface area (Å²) >= 11 is 0. The van der Waals surface area contributed by atoms with Crippen molar-refractivity contribution in [2.24, 2.45) is 0 Å². The molecule has 0 atom stereocenters. The summed E-state index contributed by atoms with van der Waals surface area (Å²) in [4.78, 5) is 25.1. The number of carboxylic acid groups (broad SMARTS) is 1. The summed E-state index contributed by atoms with van der Waals surface area (Å²) in [5, 5.41) is 18.1. The molecule has 0 aromatic carbocycles. The van der Waals surface area contributed by atoms with Gasteiger partial charge in [0.15, 0.2) is 6.29 Å². The molecule has 5 nitrogen and oxygen atoms in total. The van der Waals surface area contributed by atoms with Crippen LogP contribution in [0, 0.1) is 0 Å². The monoisotopic (exact) mass is 265 g/mol. The lowest BCUT2D eigenvalue weighted by Crippen LogP contribution is -2.05. The minimum Gasteiger partial charge on any atom is -0.478 e. The number of aliphatic hydroxyl groups is 1. The summed E-state index contributed by atoms with van der Waals surface area (Å²) in [6.07, 6.45) is 1.61. The molecule has 104 valence electrons. The van der Waals surface area contributed by atoms with Gasteiger partial charge in [-0.3, -0.25) is 4.79 Å². The van der Waals surface area contributed by atoms with E-state index in [1.807, 2.05) is 13.8 Å². The van der Waals surface area contributed by atoms with Gasteiger partial charge in [0.05, 0.1) is 11.3 Å². The Kier molecular flexibility index (Phi) is 5.06. The lowest BCUT2D eigenvalue weighted by atomic mass is 9.94. The molecule has 19 heavy (non-hydrogen) atoms. The van der Waals surface area contributed by atoms with E-state index < -0.39 is 5.97 Å². The van der Waals surface area contributed by atoms with Crippen LogP contribution < -0.4 is 0 Å². The third-order valence-electron chi connectivity index (χ3n) is 2.97. The number of aliphatic hydroxyl groups excluding tert-OH is 1. The fraction of sp³-hybridized carbons (Fsp3) is 0.429. The molecular formula is C14H19NO4. The van der Waals surface area contributed by atoms with Crippen molar-refractivity contribution in [3.8, 4) is 0 Å². The van der Waals surface area contributed by atoms with Crippen LogP contribution in [0.3, 0.4) is 0 Å². The molecular weight excluding hydrogens is 246 g/mol. The van der Waals surface area contributed by atoms with Crippen LogP contribution in [-0.4, -0.2) is 34.1 Å². The topological polar surface area (TPSA) is 90.4 Å². The van der Waals surface area contributed by atoms with Crippen molar-refractivity contribution in [2.75, 3.05) is 6.61 Å². The Labute approximate surface area is 112 Å². The lowest BCUT2D eigenvalue weighted by Gasteiger charge is -2.11. The summed E-state index contributed by atoms with van der Waals surface area (Å²) in [5.41, 5.74) is 1.98. The predicted molar refractivity (Wildman–Crippen MR) is 72.6 cm³/mol. The number of carbonyl (C=O) groups excluding carboxylic acids is 1. The molecule has 1 aromatic rings. The molecule has 0 amide bonds. The zero-order chi connectivity index (χ0) is 14.6. The number of aldehydes is 1. The van der Waals surface area contributed by atoms with Gasteiger partial charge in [-0.05, 0) is 29.9 Å². The van der Waals surface area contributed by atoms with Crippen LogP contribution in [0.4, 0.5) is 0 Å². The minimum absolute atomic E-state index is 0.0187. The quantitative estimate of drug-likeness (QED) is 0.660. The van der Waals surface area contributed by atoms with Gasteiger partial charge >= 0.3 is 5.97 Å². The maximum absolute atomic E-state index is 11.3. The molecule has 0 fully saturated rings. The third kappa shape index (κ3) is 3.12.